The van der Waals surface area contributed by atoms with Crippen LogP contribution in [0.1, 0.15) is 43.9 Å². The summed E-state index contributed by atoms with van der Waals surface area (Å²) in [5.41, 5.74) is 0. The van der Waals surface area contributed by atoms with Crippen molar-refractivity contribution in [2.24, 2.45) is 0 Å². The van der Waals surface area contributed by atoms with Gasteiger partial charge in [-0.3, -0.25) is 10.00 Å². The Labute approximate surface area is 114 Å². The molecule has 1 aromatic rings. The molecule has 2 heterocycles. The van der Waals surface area contributed by atoms with Crippen LogP contribution >= 0.6 is 0 Å². The van der Waals surface area contributed by atoms with Crippen LogP contribution in [0.15, 0.2) is 12.2 Å². The maximum absolute atomic E-state index is 5.83. The third kappa shape index (κ3) is 2.87. The molecule has 0 aromatic carbocycles. The largest absolute Gasteiger partial charge is 0.367 e. The van der Waals surface area contributed by atoms with Gasteiger partial charge in [0.05, 0.1) is 6.61 Å². The average molecular weight is 262 g/mol. The molecular weight excluding hydrogens is 240 g/mol. The number of H-pyrrole nitrogens is 1. The Morgan fingerprint density at radius 2 is 2.47 bits per heavy atom. The van der Waals surface area contributed by atoms with Crippen molar-refractivity contribution < 1.29 is 4.74 Å². The predicted octanol–water partition coefficient (Wildman–Crippen LogP) is 1.85. The molecular formula is C14H22N4O. The smallest absolute Gasteiger partial charge is 0.180 e. The fourth-order valence-corrected chi connectivity index (χ4v) is 2.84. The molecule has 1 aliphatic carbocycles. The summed E-state index contributed by atoms with van der Waals surface area (Å²) in [5, 5.41) is 7.26. The number of nitrogens with one attached hydrogen (secondary N) is 1. The zero-order chi connectivity index (χ0) is 13.1. The molecule has 0 saturated carbocycles. The quantitative estimate of drug-likeness (QED) is 0.845. The van der Waals surface area contributed by atoms with Gasteiger partial charge in [-0.15, -0.1) is 0 Å². The first-order valence-corrected chi connectivity index (χ1v) is 7.30. The number of rotatable bonds is 3. The van der Waals surface area contributed by atoms with Crippen molar-refractivity contribution >= 4 is 0 Å². The second-order valence-corrected chi connectivity index (χ2v) is 5.27. The monoisotopic (exact) mass is 262 g/mol. The van der Waals surface area contributed by atoms with Crippen molar-refractivity contribution in [3.63, 3.8) is 0 Å². The zero-order valence-electron chi connectivity index (χ0n) is 11.5. The summed E-state index contributed by atoms with van der Waals surface area (Å²) in [6.45, 7) is 4.75. The molecule has 2 aliphatic rings. The topological polar surface area (TPSA) is 54.0 Å². The summed E-state index contributed by atoms with van der Waals surface area (Å²) in [5.74, 6) is 1.75. The number of morpholine rings is 1. The lowest BCUT2D eigenvalue weighted by Gasteiger charge is -2.37. The maximum Gasteiger partial charge on any atom is 0.180 e. The summed E-state index contributed by atoms with van der Waals surface area (Å²) in [6.07, 6.45) is 9.34. The number of ether oxygens (including phenoxy) is 1. The van der Waals surface area contributed by atoms with Crippen LogP contribution in [0, 0.1) is 0 Å². The fraction of sp³-hybridized carbons (Fsp3) is 0.714. The number of hydrogen-bond donors (Lipinski definition) is 1. The first kappa shape index (κ1) is 12.8. The molecule has 0 spiro atoms. The molecule has 5 heteroatoms. The molecule has 2 atom stereocenters. The van der Waals surface area contributed by atoms with Gasteiger partial charge in [-0.2, -0.15) is 5.10 Å². The van der Waals surface area contributed by atoms with Crippen LogP contribution in [0.25, 0.3) is 0 Å². The Bertz CT molecular complexity index is 442. The van der Waals surface area contributed by atoms with Crippen LogP contribution in [0.4, 0.5) is 0 Å². The van der Waals surface area contributed by atoms with E-state index in [2.05, 4.69) is 39.2 Å². The van der Waals surface area contributed by atoms with E-state index in [1.807, 2.05) is 0 Å². The van der Waals surface area contributed by atoms with Gasteiger partial charge < -0.3 is 4.74 Å². The first-order valence-electron chi connectivity index (χ1n) is 7.30. The number of aryl methyl sites for hydroxylation is 1. The van der Waals surface area contributed by atoms with Gasteiger partial charge in [-0.05, 0) is 19.3 Å². The lowest BCUT2D eigenvalue weighted by molar-refractivity contribution is -0.0442. The summed E-state index contributed by atoms with van der Waals surface area (Å²) in [6, 6.07) is 0.574. The van der Waals surface area contributed by atoms with Crippen molar-refractivity contribution in [1.29, 1.82) is 0 Å². The van der Waals surface area contributed by atoms with Crippen molar-refractivity contribution in [3.05, 3.63) is 23.8 Å². The standard InChI is InChI=1S/C14H22N4O/c1-2-13-15-14(17-16-13)12-10-18(8-9-19-12)11-6-4-3-5-7-11/h4,6,11-12H,2-3,5,7-10H2,1H3,(H,15,16,17)/t11-,12-/m1/s1. The second kappa shape index (κ2) is 5.84. The van der Waals surface area contributed by atoms with Gasteiger partial charge in [-0.1, -0.05) is 19.1 Å². The van der Waals surface area contributed by atoms with E-state index >= 15 is 0 Å². The van der Waals surface area contributed by atoms with Crippen LogP contribution in [0.3, 0.4) is 0 Å². The Hall–Kier alpha value is -1.20. The third-order valence-electron chi connectivity index (χ3n) is 3.97. The van der Waals surface area contributed by atoms with Gasteiger partial charge in [0.15, 0.2) is 5.82 Å². The van der Waals surface area contributed by atoms with Crippen molar-refractivity contribution in [3.8, 4) is 0 Å². The van der Waals surface area contributed by atoms with Crippen LogP contribution in [-0.2, 0) is 11.2 Å². The molecule has 1 saturated heterocycles. The summed E-state index contributed by atoms with van der Waals surface area (Å²) in [4.78, 5) is 7.00. The van der Waals surface area contributed by atoms with Gasteiger partial charge in [0.25, 0.3) is 0 Å². The minimum Gasteiger partial charge on any atom is -0.367 e. The van der Waals surface area contributed by atoms with E-state index in [4.69, 9.17) is 4.74 Å². The van der Waals surface area contributed by atoms with Gasteiger partial charge in [0, 0.05) is 25.6 Å². The Morgan fingerprint density at radius 3 is 3.21 bits per heavy atom. The molecule has 0 radical (unpaired) electrons. The van der Waals surface area contributed by atoms with Crippen LogP contribution in [0.5, 0.6) is 0 Å². The van der Waals surface area contributed by atoms with E-state index in [0.717, 1.165) is 37.8 Å². The zero-order valence-corrected chi connectivity index (χ0v) is 11.5. The van der Waals surface area contributed by atoms with Gasteiger partial charge in [0.1, 0.15) is 11.9 Å². The normalized spacial score (nSPS) is 28.7. The lowest BCUT2D eigenvalue weighted by atomic mass is 10.0. The molecule has 0 unspecified atom stereocenters. The molecule has 1 aromatic heterocycles. The second-order valence-electron chi connectivity index (χ2n) is 5.27. The molecule has 19 heavy (non-hydrogen) atoms. The highest BCUT2D eigenvalue weighted by atomic mass is 16.5. The molecule has 0 bridgehead atoms. The van der Waals surface area contributed by atoms with Crippen molar-refractivity contribution in [2.45, 2.75) is 44.8 Å². The number of aromatic nitrogens is 3. The van der Waals surface area contributed by atoms with Crippen molar-refractivity contribution in [2.75, 3.05) is 19.7 Å². The number of aromatic amines is 1. The van der Waals surface area contributed by atoms with E-state index < -0.39 is 0 Å². The molecule has 0 amide bonds. The highest BCUT2D eigenvalue weighted by Crippen LogP contribution is 2.24. The van der Waals surface area contributed by atoms with E-state index in [9.17, 15) is 0 Å². The summed E-state index contributed by atoms with van der Waals surface area (Å²) in [7, 11) is 0. The van der Waals surface area contributed by atoms with E-state index in [1.165, 1.54) is 19.3 Å². The highest BCUT2D eigenvalue weighted by molar-refractivity contribution is 5.02. The molecule has 104 valence electrons. The van der Waals surface area contributed by atoms with Gasteiger partial charge >= 0.3 is 0 Å². The highest BCUT2D eigenvalue weighted by Gasteiger charge is 2.28. The fourth-order valence-electron chi connectivity index (χ4n) is 2.84. The van der Waals surface area contributed by atoms with E-state index in [-0.39, 0.29) is 6.10 Å². The molecule has 1 fully saturated rings. The number of hydrogen-bond acceptors (Lipinski definition) is 4. The molecule has 1 N–H and O–H groups in total. The van der Waals surface area contributed by atoms with Crippen LogP contribution < -0.4 is 0 Å². The SMILES string of the molecule is CCc1nc([C@H]2CN([C@@H]3C=CCCC3)CCO2)n[nH]1. The maximum atomic E-state index is 5.83. The molecule has 1 aliphatic heterocycles. The minimum absolute atomic E-state index is 0.0145. The predicted molar refractivity (Wildman–Crippen MR) is 72.8 cm³/mol. The molecule has 5 nitrogen and oxygen atoms in total. The van der Waals surface area contributed by atoms with Crippen molar-refractivity contribution in [1.82, 2.24) is 20.1 Å². The Morgan fingerprint density at radius 1 is 1.53 bits per heavy atom. The Balaban J connectivity index is 1.67. The minimum atomic E-state index is 0.0145. The number of allylic oxidation sites excluding steroid dienone is 1. The van der Waals surface area contributed by atoms with Gasteiger partial charge in [-0.25, -0.2) is 4.98 Å². The summed E-state index contributed by atoms with van der Waals surface area (Å²) >= 11 is 0. The molecule has 3 rings (SSSR count). The Kier molecular flexibility index (Phi) is 3.94. The number of nitrogens with zero attached hydrogens (tertiary/aromatic N) is 3. The van der Waals surface area contributed by atoms with Gasteiger partial charge in [0.2, 0.25) is 0 Å². The third-order valence-corrected chi connectivity index (χ3v) is 3.97. The summed E-state index contributed by atoms with van der Waals surface area (Å²) < 4.78 is 5.83. The first-order chi connectivity index (χ1) is 9.36. The van der Waals surface area contributed by atoms with E-state index in [1.54, 1.807) is 0 Å². The van der Waals surface area contributed by atoms with E-state index in [0.29, 0.717) is 6.04 Å². The average Bonchev–Trinajstić information content (AvgIpc) is 2.97. The van der Waals surface area contributed by atoms with Crippen LogP contribution in [0.2, 0.25) is 0 Å². The lowest BCUT2D eigenvalue weighted by Crippen LogP contribution is -2.44. The van der Waals surface area contributed by atoms with Crippen LogP contribution in [-0.4, -0.2) is 45.8 Å².